The summed E-state index contributed by atoms with van der Waals surface area (Å²) in [5.41, 5.74) is 0.200. The number of esters is 1. The van der Waals surface area contributed by atoms with Gasteiger partial charge in [0.1, 0.15) is 5.82 Å². The first kappa shape index (κ1) is 16.0. The minimum Gasteiger partial charge on any atom is -0.469 e. The highest BCUT2D eigenvalue weighted by Crippen LogP contribution is 2.17. The van der Waals surface area contributed by atoms with Gasteiger partial charge in [-0.05, 0) is 18.7 Å². The molecule has 0 aromatic heterocycles. The Morgan fingerprint density at radius 1 is 1.50 bits per heavy atom. The van der Waals surface area contributed by atoms with Crippen LogP contribution in [0.3, 0.4) is 0 Å². The number of non-ortho nitro benzene ring substituents is 1. The van der Waals surface area contributed by atoms with Crippen LogP contribution in [0.1, 0.15) is 12.5 Å². The number of hydrogen-bond acceptors (Lipinski definition) is 5. The van der Waals surface area contributed by atoms with E-state index in [9.17, 15) is 19.3 Å². The molecule has 0 bridgehead atoms. The summed E-state index contributed by atoms with van der Waals surface area (Å²) >= 11 is 0. The van der Waals surface area contributed by atoms with E-state index in [1.807, 2.05) is 0 Å². The molecule has 0 saturated carbocycles. The molecular formula is C13H17FN2O4. The number of nitrogens with zero attached hydrogens (tertiary/aromatic N) is 2. The van der Waals surface area contributed by atoms with Crippen LogP contribution in [0.15, 0.2) is 18.2 Å². The smallest absolute Gasteiger partial charge is 0.309 e. The molecule has 0 aliphatic heterocycles. The van der Waals surface area contributed by atoms with Crippen LogP contribution in [0.5, 0.6) is 0 Å². The van der Waals surface area contributed by atoms with Crippen LogP contribution in [-0.2, 0) is 16.1 Å². The standard InChI is InChI=1S/C13H17FN2O4/c1-9(13(17)20-3)7-15(2)8-10-4-11(14)6-12(5-10)16(18)19/h4-6,9H,7-8H2,1-3H3. The SMILES string of the molecule is COC(=O)C(C)CN(C)Cc1cc(F)cc([N+](=O)[O-])c1. The van der Waals surface area contributed by atoms with Gasteiger partial charge in [0.2, 0.25) is 0 Å². The van der Waals surface area contributed by atoms with Crippen molar-refractivity contribution in [1.29, 1.82) is 0 Å². The molecule has 6 nitrogen and oxygen atoms in total. The highest BCUT2D eigenvalue weighted by molar-refractivity contribution is 5.72. The van der Waals surface area contributed by atoms with Gasteiger partial charge in [-0.3, -0.25) is 14.9 Å². The molecule has 0 radical (unpaired) electrons. The summed E-state index contributed by atoms with van der Waals surface area (Å²) in [7, 11) is 3.06. The van der Waals surface area contributed by atoms with E-state index in [1.54, 1.807) is 18.9 Å². The fraction of sp³-hybridized carbons (Fsp3) is 0.462. The molecule has 1 rings (SSSR count). The number of halogens is 1. The largest absolute Gasteiger partial charge is 0.469 e. The van der Waals surface area contributed by atoms with Crippen molar-refractivity contribution in [1.82, 2.24) is 4.90 Å². The van der Waals surface area contributed by atoms with Crippen LogP contribution in [0.2, 0.25) is 0 Å². The number of rotatable bonds is 6. The van der Waals surface area contributed by atoms with Crippen molar-refractivity contribution in [3.63, 3.8) is 0 Å². The molecule has 1 aromatic rings. The molecule has 7 heteroatoms. The molecule has 1 atom stereocenters. The maximum Gasteiger partial charge on any atom is 0.309 e. The van der Waals surface area contributed by atoms with Crippen LogP contribution in [-0.4, -0.2) is 36.5 Å². The first-order chi connectivity index (χ1) is 9.33. The van der Waals surface area contributed by atoms with Crippen LogP contribution in [0.25, 0.3) is 0 Å². The lowest BCUT2D eigenvalue weighted by atomic mass is 10.1. The Balaban J connectivity index is 2.73. The molecule has 0 N–H and O–H groups in total. The summed E-state index contributed by atoms with van der Waals surface area (Å²) in [6.07, 6.45) is 0. The van der Waals surface area contributed by atoms with E-state index in [0.717, 1.165) is 6.07 Å². The third-order valence-corrected chi connectivity index (χ3v) is 2.79. The maximum absolute atomic E-state index is 13.3. The molecule has 20 heavy (non-hydrogen) atoms. The van der Waals surface area contributed by atoms with Crippen molar-refractivity contribution in [2.75, 3.05) is 20.7 Å². The van der Waals surface area contributed by atoms with Crippen LogP contribution in [0.4, 0.5) is 10.1 Å². The average Bonchev–Trinajstić information content (AvgIpc) is 2.36. The van der Waals surface area contributed by atoms with E-state index in [1.165, 1.54) is 19.2 Å². The molecule has 0 saturated heterocycles. The highest BCUT2D eigenvalue weighted by Gasteiger charge is 2.16. The number of benzene rings is 1. The fourth-order valence-corrected chi connectivity index (χ4v) is 1.95. The summed E-state index contributed by atoms with van der Waals surface area (Å²) < 4.78 is 17.9. The predicted octanol–water partition coefficient (Wildman–Crippen LogP) is 1.97. The number of hydrogen-bond donors (Lipinski definition) is 0. The van der Waals surface area contributed by atoms with Crippen molar-refractivity contribution in [3.8, 4) is 0 Å². The van der Waals surface area contributed by atoms with E-state index < -0.39 is 10.7 Å². The summed E-state index contributed by atoms with van der Waals surface area (Å²) in [6.45, 7) is 2.44. The first-order valence-electron chi connectivity index (χ1n) is 6.03. The number of carbonyl (C=O) groups excluding carboxylic acids is 1. The number of nitro groups is 1. The van der Waals surface area contributed by atoms with E-state index in [2.05, 4.69) is 4.74 Å². The second-order valence-corrected chi connectivity index (χ2v) is 4.70. The summed E-state index contributed by atoms with van der Waals surface area (Å²) in [5, 5.41) is 10.7. The summed E-state index contributed by atoms with van der Waals surface area (Å²) in [5.74, 6) is -1.31. The summed E-state index contributed by atoms with van der Waals surface area (Å²) in [6, 6.07) is 3.44. The van der Waals surface area contributed by atoms with E-state index >= 15 is 0 Å². The van der Waals surface area contributed by atoms with Crippen LogP contribution < -0.4 is 0 Å². The number of nitro benzene ring substituents is 1. The summed E-state index contributed by atoms with van der Waals surface area (Å²) in [4.78, 5) is 23.1. The van der Waals surface area contributed by atoms with Crippen molar-refractivity contribution >= 4 is 11.7 Å². The number of ether oxygens (including phenoxy) is 1. The molecule has 0 aliphatic carbocycles. The molecule has 1 aromatic carbocycles. The van der Waals surface area contributed by atoms with Crippen LogP contribution >= 0.6 is 0 Å². The van der Waals surface area contributed by atoms with Gasteiger partial charge in [0.05, 0.1) is 24.0 Å². The minimum absolute atomic E-state index is 0.283. The highest BCUT2D eigenvalue weighted by atomic mass is 19.1. The van der Waals surface area contributed by atoms with Gasteiger partial charge in [-0.2, -0.15) is 0 Å². The van der Waals surface area contributed by atoms with E-state index in [0.29, 0.717) is 18.7 Å². The monoisotopic (exact) mass is 284 g/mol. The topological polar surface area (TPSA) is 72.7 Å². The molecule has 0 fully saturated rings. The van der Waals surface area contributed by atoms with Crippen LogP contribution in [0, 0.1) is 21.8 Å². The molecule has 1 unspecified atom stereocenters. The molecule has 0 spiro atoms. The van der Waals surface area contributed by atoms with Crippen molar-refractivity contribution in [3.05, 3.63) is 39.7 Å². The average molecular weight is 284 g/mol. The molecular weight excluding hydrogens is 267 g/mol. The van der Waals surface area contributed by atoms with Gasteiger partial charge < -0.3 is 9.64 Å². The second kappa shape index (κ2) is 6.95. The lowest BCUT2D eigenvalue weighted by Gasteiger charge is -2.19. The van der Waals surface area contributed by atoms with Crippen molar-refractivity contribution in [2.45, 2.75) is 13.5 Å². The zero-order valence-corrected chi connectivity index (χ0v) is 11.6. The van der Waals surface area contributed by atoms with Gasteiger partial charge in [-0.1, -0.05) is 6.92 Å². The van der Waals surface area contributed by atoms with Crippen molar-refractivity contribution in [2.24, 2.45) is 5.92 Å². The van der Waals surface area contributed by atoms with E-state index in [-0.39, 0.29) is 17.6 Å². The molecule has 0 aliphatic rings. The number of carbonyl (C=O) groups is 1. The van der Waals surface area contributed by atoms with Crippen molar-refractivity contribution < 1.29 is 18.8 Å². The van der Waals surface area contributed by atoms with Gasteiger partial charge in [0, 0.05) is 19.2 Å². The zero-order chi connectivity index (χ0) is 15.3. The first-order valence-corrected chi connectivity index (χ1v) is 6.03. The quantitative estimate of drug-likeness (QED) is 0.453. The molecule has 0 amide bonds. The van der Waals surface area contributed by atoms with Gasteiger partial charge >= 0.3 is 5.97 Å². The Morgan fingerprint density at radius 3 is 2.70 bits per heavy atom. The Hall–Kier alpha value is -2.02. The number of methoxy groups -OCH3 is 1. The fourth-order valence-electron chi connectivity index (χ4n) is 1.95. The normalized spacial score (nSPS) is 12.2. The third kappa shape index (κ3) is 4.58. The van der Waals surface area contributed by atoms with Gasteiger partial charge in [-0.25, -0.2) is 4.39 Å². The Kier molecular flexibility index (Phi) is 5.57. The Bertz CT molecular complexity index is 507. The third-order valence-electron chi connectivity index (χ3n) is 2.79. The lowest BCUT2D eigenvalue weighted by Crippen LogP contribution is -2.29. The second-order valence-electron chi connectivity index (χ2n) is 4.70. The van der Waals surface area contributed by atoms with Gasteiger partial charge in [0.15, 0.2) is 0 Å². The molecule has 0 heterocycles. The minimum atomic E-state index is -0.649. The van der Waals surface area contributed by atoms with E-state index in [4.69, 9.17) is 0 Å². The Labute approximate surface area is 116 Å². The van der Waals surface area contributed by atoms with Gasteiger partial charge in [-0.15, -0.1) is 0 Å². The molecule has 110 valence electrons. The zero-order valence-electron chi connectivity index (χ0n) is 11.6. The predicted molar refractivity (Wildman–Crippen MR) is 70.6 cm³/mol. The Morgan fingerprint density at radius 2 is 2.15 bits per heavy atom. The maximum atomic E-state index is 13.3. The van der Waals surface area contributed by atoms with Gasteiger partial charge in [0.25, 0.3) is 5.69 Å². The lowest BCUT2D eigenvalue weighted by molar-refractivity contribution is -0.385.